The summed E-state index contributed by atoms with van der Waals surface area (Å²) in [4.78, 5) is 34.0. The molecule has 0 bridgehead atoms. The van der Waals surface area contributed by atoms with Gasteiger partial charge < -0.3 is 20.5 Å². The van der Waals surface area contributed by atoms with Crippen LogP contribution in [0.25, 0.3) is 0 Å². The van der Waals surface area contributed by atoms with Gasteiger partial charge in [0.15, 0.2) is 0 Å². The molecule has 1 unspecified atom stereocenters. The molecular formula is C13H15BrN2O5. The number of amides is 2. The Labute approximate surface area is 129 Å². The summed E-state index contributed by atoms with van der Waals surface area (Å²) >= 11 is 3.16. The monoisotopic (exact) mass is 358 g/mol. The van der Waals surface area contributed by atoms with E-state index in [1.807, 2.05) is 0 Å². The highest BCUT2D eigenvalue weighted by molar-refractivity contribution is 9.10. The third-order valence-electron chi connectivity index (χ3n) is 2.39. The van der Waals surface area contributed by atoms with Gasteiger partial charge in [0.05, 0.1) is 12.2 Å². The molecule has 0 spiro atoms. The average molecular weight is 359 g/mol. The van der Waals surface area contributed by atoms with E-state index in [1.165, 1.54) is 19.1 Å². The Hall–Kier alpha value is -2.09. The molecule has 0 fully saturated rings. The van der Waals surface area contributed by atoms with Crippen LogP contribution < -0.4 is 10.6 Å². The Morgan fingerprint density at radius 3 is 2.57 bits per heavy atom. The number of hydrogen-bond acceptors (Lipinski definition) is 4. The predicted octanol–water partition coefficient (Wildman–Crippen LogP) is 2.22. The fraction of sp³-hybridized carbons (Fsp3) is 0.308. The quantitative estimate of drug-likeness (QED) is 0.700. The lowest BCUT2D eigenvalue weighted by Crippen LogP contribution is -2.41. The summed E-state index contributed by atoms with van der Waals surface area (Å²) in [6, 6.07) is 2.82. The standard InChI is InChI=1S/C13H15BrN2O5/c1-3-21-12(19)7(2)15-13(20)16-10-5-8(11(17)18)4-9(14)6-10/h4-7H,3H2,1-2H3,(H,17,18)(H2,15,16,20). The second kappa shape index (κ2) is 7.63. The van der Waals surface area contributed by atoms with Crippen molar-refractivity contribution in [3.05, 3.63) is 28.2 Å². The van der Waals surface area contributed by atoms with Crippen LogP contribution in [0.15, 0.2) is 22.7 Å². The first-order valence-electron chi connectivity index (χ1n) is 6.11. The fourth-order valence-electron chi connectivity index (χ4n) is 1.48. The number of nitrogens with one attached hydrogen (secondary N) is 2. The Kier molecular flexibility index (Phi) is 6.16. The molecule has 0 aliphatic rings. The highest BCUT2D eigenvalue weighted by Gasteiger charge is 2.17. The number of carbonyl (C=O) groups is 3. The predicted molar refractivity (Wildman–Crippen MR) is 79.4 cm³/mol. The second-order valence-electron chi connectivity index (χ2n) is 4.11. The van der Waals surface area contributed by atoms with E-state index in [2.05, 4.69) is 26.6 Å². The van der Waals surface area contributed by atoms with Crippen LogP contribution in [-0.2, 0) is 9.53 Å². The van der Waals surface area contributed by atoms with Crippen molar-refractivity contribution >= 4 is 39.6 Å². The summed E-state index contributed by atoms with van der Waals surface area (Å²) in [6.45, 7) is 3.38. The van der Waals surface area contributed by atoms with Crippen LogP contribution in [-0.4, -0.2) is 35.7 Å². The number of benzene rings is 1. The minimum absolute atomic E-state index is 0.0260. The molecule has 8 heteroatoms. The molecule has 21 heavy (non-hydrogen) atoms. The number of carboxylic acids is 1. The van der Waals surface area contributed by atoms with Crippen LogP contribution >= 0.6 is 15.9 Å². The summed E-state index contributed by atoms with van der Waals surface area (Å²) in [5.74, 6) is -1.66. The van der Waals surface area contributed by atoms with Gasteiger partial charge in [0.1, 0.15) is 6.04 Å². The lowest BCUT2D eigenvalue weighted by atomic mass is 10.2. The van der Waals surface area contributed by atoms with Gasteiger partial charge in [-0.1, -0.05) is 15.9 Å². The van der Waals surface area contributed by atoms with Crippen LogP contribution in [0.1, 0.15) is 24.2 Å². The minimum atomic E-state index is -1.11. The van der Waals surface area contributed by atoms with E-state index in [0.717, 1.165) is 0 Å². The molecule has 0 aliphatic carbocycles. The van der Waals surface area contributed by atoms with Crippen molar-refractivity contribution in [2.75, 3.05) is 11.9 Å². The van der Waals surface area contributed by atoms with Crippen molar-refractivity contribution in [1.29, 1.82) is 0 Å². The van der Waals surface area contributed by atoms with Gasteiger partial charge in [0.2, 0.25) is 0 Å². The zero-order valence-corrected chi connectivity index (χ0v) is 13.1. The van der Waals surface area contributed by atoms with E-state index in [0.29, 0.717) is 4.47 Å². The van der Waals surface area contributed by atoms with Crippen molar-refractivity contribution in [3.63, 3.8) is 0 Å². The number of halogens is 1. The molecule has 1 aromatic rings. The highest BCUT2D eigenvalue weighted by Crippen LogP contribution is 2.19. The van der Waals surface area contributed by atoms with Gasteiger partial charge in [-0.05, 0) is 32.0 Å². The van der Waals surface area contributed by atoms with Crippen molar-refractivity contribution in [1.82, 2.24) is 5.32 Å². The average Bonchev–Trinajstić information content (AvgIpc) is 2.37. The SMILES string of the molecule is CCOC(=O)C(C)NC(=O)Nc1cc(Br)cc(C(=O)O)c1. The van der Waals surface area contributed by atoms with Crippen molar-refractivity contribution in [2.24, 2.45) is 0 Å². The van der Waals surface area contributed by atoms with E-state index >= 15 is 0 Å². The number of rotatable bonds is 5. The largest absolute Gasteiger partial charge is 0.478 e. The number of ether oxygens (including phenoxy) is 1. The Morgan fingerprint density at radius 2 is 2.00 bits per heavy atom. The fourth-order valence-corrected chi connectivity index (χ4v) is 1.97. The molecule has 1 aromatic carbocycles. The second-order valence-corrected chi connectivity index (χ2v) is 5.02. The summed E-state index contributed by atoms with van der Waals surface area (Å²) in [6.07, 6.45) is 0. The third kappa shape index (κ3) is 5.42. The first kappa shape index (κ1) is 17.0. The molecule has 1 rings (SSSR count). The number of carboxylic acid groups (broad SMARTS) is 1. The van der Waals surface area contributed by atoms with Crippen molar-refractivity contribution in [3.8, 4) is 0 Å². The number of hydrogen-bond donors (Lipinski definition) is 3. The maximum atomic E-state index is 11.7. The summed E-state index contributed by atoms with van der Waals surface area (Å²) in [5.41, 5.74) is 0.313. The molecule has 2 amide bonds. The molecule has 0 radical (unpaired) electrons. The van der Waals surface area contributed by atoms with Crippen molar-refractivity contribution < 1.29 is 24.2 Å². The Bertz CT molecular complexity index is 561. The number of aromatic carboxylic acids is 1. The van der Waals surface area contributed by atoms with E-state index in [-0.39, 0.29) is 17.9 Å². The van der Waals surface area contributed by atoms with Gasteiger partial charge in [-0.25, -0.2) is 14.4 Å². The lowest BCUT2D eigenvalue weighted by molar-refractivity contribution is -0.144. The van der Waals surface area contributed by atoms with E-state index < -0.39 is 24.0 Å². The molecule has 114 valence electrons. The van der Waals surface area contributed by atoms with Crippen LogP contribution in [0.5, 0.6) is 0 Å². The third-order valence-corrected chi connectivity index (χ3v) is 2.85. The highest BCUT2D eigenvalue weighted by atomic mass is 79.9. The van der Waals surface area contributed by atoms with Crippen LogP contribution in [0.4, 0.5) is 10.5 Å². The smallest absolute Gasteiger partial charge is 0.335 e. The molecule has 0 saturated carbocycles. The van der Waals surface area contributed by atoms with E-state index in [1.54, 1.807) is 13.0 Å². The lowest BCUT2D eigenvalue weighted by Gasteiger charge is -2.13. The van der Waals surface area contributed by atoms with Gasteiger partial charge in [-0.15, -0.1) is 0 Å². The minimum Gasteiger partial charge on any atom is -0.478 e. The molecule has 0 heterocycles. The first-order valence-corrected chi connectivity index (χ1v) is 6.90. The van der Waals surface area contributed by atoms with E-state index in [4.69, 9.17) is 9.84 Å². The van der Waals surface area contributed by atoms with Crippen LogP contribution in [0.2, 0.25) is 0 Å². The molecule has 0 saturated heterocycles. The number of anilines is 1. The maximum absolute atomic E-state index is 11.7. The zero-order chi connectivity index (χ0) is 16.0. The molecule has 0 aromatic heterocycles. The first-order chi connectivity index (χ1) is 9.83. The molecular weight excluding hydrogens is 344 g/mol. The maximum Gasteiger partial charge on any atom is 0.335 e. The zero-order valence-electron chi connectivity index (χ0n) is 11.5. The van der Waals surface area contributed by atoms with Gasteiger partial charge in [-0.3, -0.25) is 0 Å². The van der Waals surface area contributed by atoms with Gasteiger partial charge in [0, 0.05) is 10.2 Å². The molecule has 1 atom stereocenters. The normalized spacial score (nSPS) is 11.4. The van der Waals surface area contributed by atoms with Gasteiger partial charge >= 0.3 is 18.0 Å². The Balaban J connectivity index is 2.71. The topological polar surface area (TPSA) is 105 Å². The van der Waals surface area contributed by atoms with E-state index in [9.17, 15) is 14.4 Å². The molecule has 0 aliphatic heterocycles. The Morgan fingerprint density at radius 1 is 1.33 bits per heavy atom. The van der Waals surface area contributed by atoms with Gasteiger partial charge in [0.25, 0.3) is 0 Å². The number of carbonyl (C=O) groups excluding carboxylic acids is 2. The number of esters is 1. The molecule has 7 nitrogen and oxygen atoms in total. The summed E-state index contributed by atoms with van der Waals surface area (Å²) in [5, 5.41) is 13.8. The van der Waals surface area contributed by atoms with Crippen LogP contribution in [0, 0.1) is 0 Å². The van der Waals surface area contributed by atoms with Gasteiger partial charge in [-0.2, -0.15) is 0 Å². The molecule has 3 N–H and O–H groups in total. The van der Waals surface area contributed by atoms with Crippen molar-refractivity contribution in [2.45, 2.75) is 19.9 Å². The van der Waals surface area contributed by atoms with Crippen LogP contribution in [0.3, 0.4) is 0 Å². The summed E-state index contributed by atoms with van der Waals surface area (Å²) in [7, 11) is 0. The number of urea groups is 1. The summed E-state index contributed by atoms with van der Waals surface area (Å²) < 4.78 is 5.27.